The van der Waals surface area contributed by atoms with Crippen LogP contribution in [0.15, 0.2) is 24.3 Å². The summed E-state index contributed by atoms with van der Waals surface area (Å²) in [7, 11) is 1.54. The van der Waals surface area contributed by atoms with Crippen LogP contribution in [0.25, 0.3) is 0 Å². The lowest BCUT2D eigenvalue weighted by molar-refractivity contribution is -0.120. The number of ether oxygens (including phenoxy) is 1. The van der Waals surface area contributed by atoms with Crippen molar-refractivity contribution in [1.82, 2.24) is 16.0 Å². The summed E-state index contributed by atoms with van der Waals surface area (Å²) in [6.45, 7) is 0.0441. The molecule has 7 heteroatoms. The van der Waals surface area contributed by atoms with Crippen molar-refractivity contribution in [3.05, 3.63) is 29.8 Å². The summed E-state index contributed by atoms with van der Waals surface area (Å²) < 4.78 is 4.98. The fourth-order valence-electron chi connectivity index (χ4n) is 1.64. The Morgan fingerprint density at radius 3 is 2.53 bits per heavy atom. The first-order chi connectivity index (χ1) is 9.10. The molecule has 0 saturated carbocycles. The van der Waals surface area contributed by atoms with Crippen molar-refractivity contribution in [2.45, 2.75) is 6.04 Å². The van der Waals surface area contributed by atoms with E-state index in [-0.39, 0.29) is 12.5 Å². The van der Waals surface area contributed by atoms with Crippen LogP contribution in [0.4, 0.5) is 4.79 Å². The van der Waals surface area contributed by atoms with Crippen molar-refractivity contribution in [2.24, 2.45) is 0 Å². The maximum absolute atomic E-state index is 11.8. The van der Waals surface area contributed by atoms with Gasteiger partial charge in [-0.1, -0.05) is 0 Å². The predicted molar refractivity (Wildman–Crippen MR) is 65.8 cm³/mol. The Hall–Kier alpha value is -2.57. The molecule has 0 aromatic heterocycles. The molecular formula is C12H13N3O4. The highest BCUT2D eigenvalue weighted by Gasteiger charge is 2.29. The van der Waals surface area contributed by atoms with Gasteiger partial charge in [-0.05, 0) is 24.3 Å². The van der Waals surface area contributed by atoms with Gasteiger partial charge in [0.2, 0.25) is 0 Å². The number of carbonyl (C=O) groups is 3. The van der Waals surface area contributed by atoms with Crippen LogP contribution in [0.1, 0.15) is 10.4 Å². The second-order valence-corrected chi connectivity index (χ2v) is 3.95. The zero-order valence-electron chi connectivity index (χ0n) is 10.2. The van der Waals surface area contributed by atoms with E-state index >= 15 is 0 Å². The smallest absolute Gasteiger partial charge is 0.322 e. The number of nitrogens with one attached hydrogen (secondary N) is 3. The number of methoxy groups -OCH3 is 1. The Morgan fingerprint density at radius 1 is 1.32 bits per heavy atom. The van der Waals surface area contributed by atoms with Gasteiger partial charge < -0.3 is 15.4 Å². The van der Waals surface area contributed by atoms with Crippen molar-refractivity contribution in [3.8, 4) is 5.75 Å². The zero-order chi connectivity index (χ0) is 13.8. The third kappa shape index (κ3) is 3.01. The minimum absolute atomic E-state index is 0.0441. The van der Waals surface area contributed by atoms with E-state index in [0.717, 1.165) is 0 Å². The number of benzene rings is 1. The maximum atomic E-state index is 11.8. The topological polar surface area (TPSA) is 96.5 Å². The molecule has 4 amide bonds. The highest BCUT2D eigenvalue weighted by molar-refractivity contribution is 6.04. The van der Waals surface area contributed by atoms with Gasteiger partial charge in [0.05, 0.1) is 7.11 Å². The summed E-state index contributed by atoms with van der Waals surface area (Å²) in [6.07, 6.45) is 0. The third-order valence-electron chi connectivity index (χ3n) is 2.68. The molecular weight excluding hydrogens is 250 g/mol. The molecule has 0 radical (unpaired) electrons. The SMILES string of the molecule is COc1ccc(C(=O)NCC2NC(=O)NC2=O)cc1. The lowest BCUT2D eigenvalue weighted by Crippen LogP contribution is -2.41. The van der Waals surface area contributed by atoms with Gasteiger partial charge in [-0.2, -0.15) is 0 Å². The van der Waals surface area contributed by atoms with Crippen LogP contribution >= 0.6 is 0 Å². The molecule has 1 heterocycles. The van der Waals surface area contributed by atoms with Crippen LogP contribution < -0.4 is 20.7 Å². The number of hydrogen-bond donors (Lipinski definition) is 3. The van der Waals surface area contributed by atoms with Crippen LogP contribution in [0.3, 0.4) is 0 Å². The highest BCUT2D eigenvalue weighted by atomic mass is 16.5. The Balaban J connectivity index is 1.90. The lowest BCUT2D eigenvalue weighted by atomic mass is 10.2. The molecule has 1 aliphatic heterocycles. The van der Waals surface area contributed by atoms with Gasteiger partial charge in [-0.3, -0.25) is 14.9 Å². The predicted octanol–water partition coefficient (Wildman–Crippen LogP) is -0.367. The summed E-state index contributed by atoms with van der Waals surface area (Å²) in [5.74, 6) is -0.115. The number of rotatable bonds is 4. The number of urea groups is 1. The summed E-state index contributed by atoms with van der Waals surface area (Å²) in [5, 5.41) is 7.06. The zero-order valence-corrected chi connectivity index (χ0v) is 10.2. The van der Waals surface area contributed by atoms with Crippen LogP contribution in [-0.2, 0) is 4.79 Å². The first-order valence-electron chi connectivity index (χ1n) is 5.64. The molecule has 1 aromatic rings. The van der Waals surface area contributed by atoms with E-state index in [1.54, 1.807) is 24.3 Å². The van der Waals surface area contributed by atoms with E-state index in [0.29, 0.717) is 11.3 Å². The number of imide groups is 1. The van der Waals surface area contributed by atoms with Gasteiger partial charge in [-0.15, -0.1) is 0 Å². The monoisotopic (exact) mass is 263 g/mol. The van der Waals surface area contributed by atoms with Gasteiger partial charge in [0.25, 0.3) is 11.8 Å². The molecule has 1 unspecified atom stereocenters. The highest BCUT2D eigenvalue weighted by Crippen LogP contribution is 2.11. The maximum Gasteiger partial charge on any atom is 0.322 e. The first-order valence-corrected chi connectivity index (χ1v) is 5.64. The minimum Gasteiger partial charge on any atom is -0.497 e. The van der Waals surface area contributed by atoms with E-state index < -0.39 is 18.0 Å². The van der Waals surface area contributed by atoms with Crippen LogP contribution in [0, 0.1) is 0 Å². The molecule has 0 bridgehead atoms. The first kappa shape index (κ1) is 12.9. The summed E-state index contributed by atoms with van der Waals surface area (Å²) >= 11 is 0. The van der Waals surface area contributed by atoms with Crippen LogP contribution in [-0.4, -0.2) is 37.5 Å². The molecule has 7 nitrogen and oxygen atoms in total. The Kier molecular flexibility index (Phi) is 3.65. The van der Waals surface area contributed by atoms with E-state index in [2.05, 4.69) is 16.0 Å². The van der Waals surface area contributed by atoms with Gasteiger partial charge in [0.15, 0.2) is 0 Å². The van der Waals surface area contributed by atoms with Gasteiger partial charge in [-0.25, -0.2) is 4.79 Å². The van der Waals surface area contributed by atoms with E-state index in [1.807, 2.05) is 0 Å². The largest absolute Gasteiger partial charge is 0.497 e. The molecule has 1 fully saturated rings. The Morgan fingerprint density at radius 2 is 2.00 bits per heavy atom. The quantitative estimate of drug-likeness (QED) is 0.646. The molecule has 0 aliphatic carbocycles. The fourth-order valence-corrected chi connectivity index (χ4v) is 1.64. The molecule has 3 N–H and O–H groups in total. The number of carbonyl (C=O) groups excluding carboxylic acids is 3. The molecule has 100 valence electrons. The lowest BCUT2D eigenvalue weighted by Gasteiger charge is -2.09. The molecule has 2 rings (SSSR count). The second kappa shape index (κ2) is 5.38. The van der Waals surface area contributed by atoms with Crippen molar-refractivity contribution >= 4 is 17.8 Å². The van der Waals surface area contributed by atoms with Gasteiger partial charge >= 0.3 is 6.03 Å². The average molecular weight is 263 g/mol. The van der Waals surface area contributed by atoms with Crippen LogP contribution in [0.2, 0.25) is 0 Å². The molecule has 1 saturated heterocycles. The third-order valence-corrected chi connectivity index (χ3v) is 2.68. The molecule has 1 aromatic carbocycles. The minimum atomic E-state index is -0.727. The van der Waals surface area contributed by atoms with E-state index in [1.165, 1.54) is 7.11 Å². The number of amides is 4. The average Bonchev–Trinajstić information content (AvgIpc) is 2.74. The normalized spacial score (nSPS) is 17.6. The molecule has 1 atom stereocenters. The standard InChI is InChI=1S/C12H13N3O4/c1-19-8-4-2-7(3-5-8)10(16)13-6-9-11(17)15-12(18)14-9/h2-5,9H,6H2,1H3,(H,13,16)(H2,14,15,17,18). The summed E-state index contributed by atoms with van der Waals surface area (Å²) in [5.41, 5.74) is 0.450. The second-order valence-electron chi connectivity index (χ2n) is 3.95. The summed E-state index contributed by atoms with van der Waals surface area (Å²) in [6, 6.07) is 5.28. The van der Waals surface area contributed by atoms with Gasteiger partial charge in [0.1, 0.15) is 11.8 Å². The Labute approximate surface area is 109 Å². The van der Waals surface area contributed by atoms with Crippen molar-refractivity contribution in [1.29, 1.82) is 0 Å². The summed E-state index contributed by atoms with van der Waals surface area (Å²) in [4.78, 5) is 33.9. The van der Waals surface area contributed by atoms with Crippen molar-refractivity contribution in [2.75, 3.05) is 13.7 Å². The molecule has 1 aliphatic rings. The van der Waals surface area contributed by atoms with E-state index in [4.69, 9.17) is 4.74 Å². The van der Waals surface area contributed by atoms with E-state index in [9.17, 15) is 14.4 Å². The molecule has 0 spiro atoms. The number of hydrogen-bond acceptors (Lipinski definition) is 4. The van der Waals surface area contributed by atoms with Crippen LogP contribution in [0.5, 0.6) is 5.75 Å². The Bertz CT molecular complexity index is 512. The van der Waals surface area contributed by atoms with Crippen molar-refractivity contribution < 1.29 is 19.1 Å². The van der Waals surface area contributed by atoms with Gasteiger partial charge in [0, 0.05) is 12.1 Å². The fraction of sp³-hybridized carbons (Fsp3) is 0.250. The van der Waals surface area contributed by atoms with Crippen molar-refractivity contribution in [3.63, 3.8) is 0 Å². The molecule has 19 heavy (non-hydrogen) atoms.